The molecule has 0 radical (unpaired) electrons. The van der Waals surface area contributed by atoms with E-state index >= 15 is 0 Å². The second kappa shape index (κ2) is 8.25. The third kappa shape index (κ3) is 4.20. The zero-order valence-electron chi connectivity index (χ0n) is 13.1. The number of unbranched alkanes of at least 4 members (excludes halogenated alkanes) is 2. The first kappa shape index (κ1) is 15.3. The van der Waals surface area contributed by atoms with Crippen molar-refractivity contribution >= 4 is 5.82 Å². The average molecular weight is 275 g/mol. The second-order valence-corrected chi connectivity index (χ2v) is 5.72. The summed E-state index contributed by atoms with van der Waals surface area (Å²) in [5.41, 5.74) is 2.75. The van der Waals surface area contributed by atoms with E-state index in [-0.39, 0.29) is 0 Å². The molecule has 20 heavy (non-hydrogen) atoms. The first-order valence-corrected chi connectivity index (χ1v) is 8.29. The van der Waals surface area contributed by atoms with Crippen molar-refractivity contribution in [2.45, 2.75) is 52.4 Å². The number of pyridine rings is 1. The highest BCUT2D eigenvalue weighted by Gasteiger charge is 2.12. The molecule has 3 nitrogen and oxygen atoms in total. The molecule has 0 saturated carbocycles. The summed E-state index contributed by atoms with van der Waals surface area (Å²) in [6.07, 6.45) is 7.19. The predicted octanol–water partition coefficient (Wildman–Crippen LogP) is 3.18. The smallest absolute Gasteiger partial charge is 0.128 e. The second-order valence-electron chi connectivity index (χ2n) is 5.72. The highest BCUT2D eigenvalue weighted by atomic mass is 15.2. The van der Waals surface area contributed by atoms with Gasteiger partial charge in [0.25, 0.3) is 0 Å². The van der Waals surface area contributed by atoms with Gasteiger partial charge in [-0.05, 0) is 37.4 Å². The number of nitrogens with zero attached hydrogens (tertiary/aromatic N) is 2. The maximum absolute atomic E-state index is 4.97. The molecule has 0 aliphatic carbocycles. The van der Waals surface area contributed by atoms with Crippen molar-refractivity contribution in [3.05, 3.63) is 23.4 Å². The molecule has 0 atom stereocenters. The monoisotopic (exact) mass is 275 g/mol. The summed E-state index contributed by atoms with van der Waals surface area (Å²) in [5, 5.41) is 3.46. The van der Waals surface area contributed by atoms with E-state index in [1.54, 1.807) is 0 Å². The molecule has 0 aromatic carbocycles. The molecule has 0 saturated heterocycles. The van der Waals surface area contributed by atoms with Crippen LogP contribution in [0.25, 0.3) is 0 Å². The molecule has 0 bridgehead atoms. The molecule has 1 aliphatic rings. The van der Waals surface area contributed by atoms with Gasteiger partial charge in [0, 0.05) is 31.7 Å². The fraction of sp³-hybridized carbons (Fsp3) is 0.706. The van der Waals surface area contributed by atoms with Gasteiger partial charge < -0.3 is 10.2 Å². The fourth-order valence-electron chi connectivity index (χ4n) is 2.73. The van der Waals surface area contributed by atoms with Crippen molar-refractivity contribution in [1.82, 2.24) is 10.3 Å². The third-order valence-corrected chi connectivity index (χ3v) is 4.05. The Morgan fingerprint density at radius 3 is 2.45 bits per heavy atom. The van der Waals surface area contributed by atoms with Crippen LogP contribution in [0, 0.1) is 0 Å². The number of aromatic nitrogens is 1. The summed E-state index contributed by atoms with van der Waals surface area (Å²) in [4.78, 5) is 7.44. The Labute approximate surface area is 123 Å². The number of hydrogen-bond acceptors (Lipinski definition) is 3. The molecule has 0 fully saturated rings. The topological polar surface area (TPSA) is 28.2 Å². The number of hydrogen-bond donors (Lipinski definition) is 1. The van der Waals surface area contributed by atoms with E-state index in [0.29, 0.717) is 0 Å². The molecular weight excluding hydrogens is 246 g/mol. The zero-order chi connectivity index (χ0) is 14.2. The summed E-state index contributed by atoms with van der Waals surface area (Å²) in [6, 6.07) is 4.53. The van der Waals surface area contributed by atoms with E-state index < -0.39 is 0 Å². The van der Waals surface area contributed by atoms with Crippen molar-refractivity contribution < 1.29 is 0 Å². The van der Waals surface area contributed by atoms with Crippen LogP contribution < -0.4 is 10.2 Å². The molecule has 2 rings (SSSR count). The largest absolute Gasteiger partial charge is 0.357 e. The van der Waals surface area contributed by atoms with Crippen LogP contribution >= 0.6 is 0 Å². The van der Waals surface area contributed by atoms with E-state index in [9.17, 15) is 0 Å². The maximum atomic E-state index is 4.97. The van der Waals surface area contributed by atoms with Gasteiger partial charge in [0.05, 0.1) is 0 Å². The standard InChI is InChI=1S/C17H29N3/c1-3-5-13-20(14-6-4-2)17-8-7-15-9-11-18-12-10-16(15)19-17/h7-8,18H,3-6,9-14H2,1-2H3. The molecule has 1 aromatic rings. The van der Waals surface area contributed by atoms with Crippen LogP contribution in [0.5, 0.6) is 0 Å². The van der Waals surface area contributed by atoms with Gasteiger partial charge in [-0.15, -0.1) is 0 Å². The van der Waals surface area contributed by atoms with Crippen LogP contribution in [-0.2, 0) is 12.8 Å². The lowest BCUT2D eigenvalue weighted by molar-refractivity contribution is 0.668. The Kier molecular flexibility index (Phi) is 6.31. The maximum Gasteiger partial charge on any atom is 0.128 e. The molecule has 1 N–H and O–H groups in total. The van der Waals surface area contributed by atoms with E-state index in [0.717, 1.165) is 39.0 Å². The van der Waals surface area contributed by atoms with Gasteiger partial charge in [0.2, 0.25) is 0 Å². The Morgan fingerprint density at radius 2 is 1.75 bits per heavy atom. The molecule has 2 heterocycles. The molecule has 1 aromatic heterocycles. The molecule has 0 amide bonds. The van der Waals surface area contributed by atoms with Crippen LogP contribution in [0.2, 0.25) is 0 Å². The number of rotatable bonds is 7. The molecule has 112 valence electrons. The first-order chi connectivity index (χ1) is 9.85. The predicted molar refractivity (Wildman–Crippen MR) is 86.5 cm³/mol. The molecule has 0 unspecified atom stereocenters. The van der Waals surface area contributed by atoms with E-state index in [1.807, 2.05) is 0 Å². The minimum Gasteiger partial charge on any atom is -0.357 e. The van der Waals surface area contributed by atoms with Gasteiger partial charge in [0.1, 0.15) is 5.82 Å². The van der Waals surface area contributed by atoms with Gasteiger partial charge in [-0.2, -0.15) is 0 Å². The molecule has 3 heteroatoms. The van der Waals surface area contributed by atoms with Crippen LogP contribution in [0.15, 0.2) is 12.1 Å². The summed E-state index contributed by atoms with van der Waals surface area (Å²) >= 11 is 0. The lowest BCUT2D eigenvalue weighted by Gasteiger charge is -2.24. The van der Waals surface area contributed by atoms with Crippen molar-refractivity contribution in [1.29, 1.82) is 0 Å². The lowest BCUT2D eigenvalue weighted by atomic mass is 10.1. The van der Waals surface area contributed by atoms with Crippen molar-refractivity contribution in [3.63, 3.8) is 0 Å². The summed E-state index contributed by atoms with van der Waals surface area (Å²) in [6.45, 7) is 8.94. The van der Waals surface area contributed by atoms with Gasteiger partial charge >= 0.3 is 0 Å². The Bertz CT molecular complexity index is 395. The van der Waals surface area contributed by atoms with Crippen LogP contribution in [0.3, 0.4) is 0 Å². The van der Waals surface area contributed by atoms with Crippen molar-refractivity contribution in [2.24, 2.45) is 0 Å². The van der Waals surface area contributed by atoms with Crippen molar-refractivity contribution in [2.75, 3.05) is 31.1 Å². The normalized spacial score (nSPS) is 14.7. The van der Waals surface area contributed by atoms with E-state index in [1.165, 1.54) is 42.8 Å². The van der Waals surface area contributed by atoms with Gasteiger partial charge in [-0.25, -0.2) is 4.98 Å². The minimum absolute atomic E-state index is 1.06. The Balaban J connectivity index is 2.12. The van der Waals surface area contributed by atoms with Crippen LogP contribution in [-0.4, -0.2) is 31.2 Å². The quantitative estimate of drug-likeness (QED) is 0.828. The zero-order valence-corrected chi connectivity index (χ0v) is 13.1. The van der Waals surface area contributed by atoms with Crippen LogP contribution in [0.1, 0.15) is 50.8 Å². The van der Waals surface area contributed by atoms with E-state index in [4.69, 9.17) is 4.98 Å². The molecular formula is C17H29N3. The van der Waals surface area contributed by atoms with Gasteiger partial charge in [0.15, 0.2) is 0 Å². The number of anilines is 1. The van der Waals surface area contributed by atoms with Crippen LogP contribution in [0.4, 0.5) is 5.82 Å². The Morgan fingerprint density at radius 1 is 1.05 bits per heavy atom. The highest BCUT2D eigenvalue weighted by molar-refractivity contribution is 5.42. The van der Waals surface area contributed by atoms with E-state index in [2.05, 4.69) is 36.2 Å². The van der Waals surface area contributed by atoms with Crippen molar-refractivity contribution in [3.8, 4) is 0 Å². The molecule has 0 spiro atoms. The summed E-state index contributed by atoms with van der Waals surface area (Å²) in [5.74, 6) is 1.19. The van der Waals surface area contributed by atoms with Gasteiger partial charge in [-0.1, -0.05) is 32.8 Å². The SMILES string of the molecule is CCCCN(CCCC)c1ccc2c(n1)CCNCC2. The Hall–Kier alpha value is -1.09. The lowest BCUT2D eigenvalue weighted by Crippen LogP contribution is -2.27. The average Bonchev–Trinajstić information content (AvgIpc) is 2.72. The minimum atomic E-state index is 1.06. The summed E-state index contributed by atoms with van der Waals surface area (Å²) < 4.78 is 0. The fourth-order valence-corrected chi connectivity index (χ4v) is 2.73. The number of nitrogens with one attached hydrogen (secondary N) is 1. The number of fused-ring (bicyclic) bond motifs is 1. The molecule has 1 aliphatic heterocycles. The van der Waals surface area contributed by atoms with Gasteiger partial charge in [-0.3, -0.25) is 0 Å². The summed E-state index contributed by atoms with van der Waals surface area (Å²) in [7, 11) is 0. The highest BCUT2D eigenvalue weighted by Crippen LogP contribution is 2.18. The third-order valence-electron chi connectivity index (χ3n) is 4.05. The first-order valence-electron chi connectivity index (χ1n) is 8.29.